The molecule has 0 unspecified atom stereocenters. The number of rotatable bonds is 5. The Morgan fingerprint density at radius 2 is 2.00 bits per heavy atom. The molecule has 164 valence electrons. The second kappa shape index (κ2) is 9.06. The number of carbonyl (C=O) groups excluding carboxylic acids is 1. The van der Waals surface area contributed by atoms with E-state index < -0.39 is 10.0 Å². The number of sulfonamides is 1. The van der Waals surface area contributed by atoms with Crippen LogP contribution in [0.15, 0.2) is 27.5 Å². The topological polar surface area (TPSA) is 82.1 Å². The summed E-state index contributed by atoms with van der Waals surface area (Å²) in [6, 6.07) is 5.59. The summed E-state index contributed by atoms with van der Waals surface area (Å²) in [5.41, 5.74) is 1.02. The first-order valence-electron chi connectivity index (χ1n) is 11.2. The second-order valence-electron chi connectivity index (χ2n) is 8.62. The van der Waals surface area contributed by atoms with Crippen molar-refractivity contribution < 1.29 is 13.2 Å². The Morgan fingerprint density at radius 3 is 2.83 bits per heavy atom. The summed E-state index contributed by atoms with van der Waals surface area (Å²) in [4.78, 5) is 17.3. The molecule has 0 spiro atoms. The van der Waals surface area contributed by atoms with Crippen molar-refractivity contribution in [3.63, 3.8) is 0 Å². The van der Waals surface area contributed by atoms with Gasteiger partial charge in [-0.05, 0) is 63.8 Å². The molecular weight excluding hydrogens is 400 g/mol. The second-order valence-corrected chi connectivity index (χ2v) is 10.2. The molecule has 7 nitrogen and oxygen atoms in total. The number of hydrogen-bond acceptors (Lipinski definition) is 5. The number of amidine groups is 1. The summed E-state index contributed by atoms with van der Waals surface area (Å²) in [5.74, 6) is 0.398. The number of carbonyl (C=O) groups is 1. The minimum atomic E-state index is -3.77. The van der Waals surface area contributed by atoms with Gasteiger partial charge < -0.3 is 15.1 Å². The van der Waals surface area contributed by atoms with Gasteiger partial charge in [0.1, 0.15) is 10.7 Å². The molecule has 30 heavy (non-hydrogen) atoms. The smallest absolute Gasteiger partial charge is 0.286 e. The van der Waals surface area contributed by atoms with E-state index in [1.54, 1.807) is 12.1 Å². The summed E-state index contributed by atoms with van der Waals surface area (Å²) in [6.07, 6.45) is 8.41. The average molecular weight is 433 g/mol. The number of benzene rings is 1. The average Bonchev–Trinajstić information content (AvgIpc) is 2.97. The van der Waals surface area contributed by atoms with Crippen molar-refractivity contribution >= 4 is 27.5 Å². The summed E-state index contributed by atoms with van der Waals surface area (Å²) in [5, 5.41) is 2.94. The number of piperidine rings is 1. The summed E-state index contributed by atoms with van der Waals surface area (Å²) in [7, 11) is -3.77. The summed E-state index contributed by atoms with van der Waals surface area (Å²) >= 11 is 0. The van der Waals surface area contributed by atoms with Crippen molar-refractivity contribution in [3.05, 3.63) is 23.8 Å². The minimum Gasteiger partial charge on any atom is -0.352 e. The normalized spacial score (nSPS) is 23.7. The highest BCUT2D eigenvalue weighted by atomic mass is 32.2. The molecule has 3 heterocycles. The lowest BCUT2D eigenvalue weighted by molar-refractivity contribution is 0.0948. The first-order valence-corrected chi connectivity index (χ1v) is 12.7. The number of anilines is 1. The molecule has 2 saturated heterocycles. The number of hydrogen-bond donors (Lipinski definition) is 1. The predicted molar refractivity (Wildman–Crippen MR) is 119 cm³/mol. The van der Waals surface area contributed by atoms with Gasteiger partial charge in [-0.2, -0.15) is 8.42 Å². The number of amides is 1. The minimum absolute atomic E-state index is 0.142. The van der Waals surface area contributed by atoms with Gasteiger partial charge in [0.25, 0.3) is 15.9 Å². The van der Waals surface area contributed by atoms with Gasteiger partial charge in [0.15, 0.2) is 0 Å². The van der Waals surface area contributed by atoms with Crippen LogP contribution in [0.1, 0.15) is 68.6 Å². The third kappa shape index (κ3) is 4.54. The van der Waals surface area contributed by atoms with E-state index in [4.69, 9.17) is 0 Å². The van der Waals surface area contributed by atoms with Crippen LogP contribution < -0.4 is 10.2 Å². The number of likely N-dealkylation sites (tertiary alicyclic amines) is 1. The molecule has 1 N–H and O–H groups in total. The van der Waals surface area contributed by atoms with Gasteiger partial charge >= 0.3 is 0 Å². The summed E-state index contributed by atoms with van der Waals surface area (Å²) < 4.78 is 29.5. The van der Waals surface area contributed by atoms with Crippen LogP contribution in [0.3, 0.4) is 0 Å². The fourth-order valence-electron chi connectivity index (χ4n) is 4.70. The summed E-state index contributed by atoms with van der Waals surface area (Å²) in [6.45, 7) is 5.73. The molecule has 2 fully saturated rings. The quantitative estimate of drug-likeness (QED) is 0.723. The van der Waals surface area contributed by atoms with Gasteiger partial charge in [-0.25, -0.2) is 0 Å². The molecule has 1 aromatic carbocycles. The maximum atomic E-state index is 12.7. The van der Waals surface area contributed by atoms with Crippen LogP contribution in [0.2, 0.25) is 0 Å². The maximum absolute atomic E-state index is 12.7. The first-order chi connectivity index (χ1) is 14.5. The highest BCUT2D eigenvalue weighted by molar-refractivity contribution is 7.90. The Kier molecular flexibility index (Phi) is 6.43. The molecular formula is C22H32N4O3S. The lowest BCUT2D eigenvalue weighted by Crippen LogP contribution is -2.39. The lowest BCUT2D eigenvalue weighted by atomic mass is 10.0. The van der Waals surface area contributed by atoms with Crippen LogP contribution in [0, 0.1) is 0 Å². The van der Waals surface area contributed by atoms with Gasteiger partial charge in [0.2, 0.25) is 0 Å². The van der Waals surface area contributed by atoms with Crippen molar-refractivity contribution in [3.8, 4) is 0 Å². The molecule has 0 saturated carbocycles. The molecule has 1 amide bonds. The van der Waals surface area contributed by atoms with E-state index in [1.807, 2.05) is 4.90 Å². The maximum Gasteiger partial charge on any atom is 0.286 e. The van der Waals surface area contributed by atoms with Crippen LogP contribution in [0.4, 0.5) is 5.69 Å². The standard InChI is InChI=1S/C22H32N4O3S/c1-17-8-4-6-13-25(17)14-7-12-23-22(27)18-10-11-19-20(16-18)30(28,29)24-21-9-3-2-5-15-26(19)21/h10-11,16-17H,2-9,12-15H2,1H3,(H,23,27)/t17-/m1/s1. The van der Waals surface area contributed by atoms with Gasteiger partial charge in [0.05, 0.1) is 5.69 Å². The largest absolute Gasteiger partial charge is 0.352 e. The number of fused-ring (bicyclic) bond motifs is 3. The van der Waals surface area contributed by atoms with Crippen molar-refractivity contribution in [2.75, 3.05) is 31.1 Å². The van der Waals surface area contributed by atoms with Crippen LogP contribution in [0.25, 0.3) is 0 Å². The SMILES string of the molecule is C[C@@H]1CCCCN1CCCNC(=O)c1ccc2c(c1)S(=O)(=O)N=C1CCCCCN12. The van der Waals surface area contributed by atoms with Crippen LogP contribution in [-0.4, -0.2) is 57.3 Å². The van der Waals surface area contributed by atoms with E-state index in [9.17, 15) is 13.2 Å². The lowest BCUT2D eigenvalue weighted by Gasteiger charge is -2.33. The van der Waals surface area contributed by atoms with E-state index in [2.05, 4.69) is 21.5 Å². The Balaban J connectivity index is 1.41. The van der Waals surface area contributed by atoms with Gasteiger partial charge in [-0.1, -0.05) is 12.8 Å². The van der Waals surface area contributed by atoms with Gasteiger partial charge in [-0.15, -0.1) is 4.40 Å². The molecule has 8 heteroatoms. The molecule has 0 bridgehead atoms. The Hall–Kier alpha value is -1.93. The Labute approximate surface area is 179 Å². The molecule has 0 aromatic heterocycles. The number of nitrogens with zero attached hydrogens (tertiary/aromatic N) is 3. The van der Waals surface area contributed by atoms with Crippen molar-refractivity contribution in [1.82, 2.24) is 10.2 Å². The Morgan fingerprint density at radius 1 is 1.17 bits per heavy atom. The third-order valence-electron chi connectivity index (χ3n) is 6.46. The van der Waals surface area contributed by atoms with Crippen molar-refractivity contribution in [1.29, 1.82) is 0 Å². The van der Waals surface area contributed by atoms with Crippen LogP contribution in [0.5, 0.6) is 0 Å². The molecule has 0 aliphatic carbocycles. The van der Waals surface area contributed by atoms with E-state index >= 15 is 0 Å². The van der Waals surface area contributed by atoms with E-state index in [1.165, 1.54) is 25.3 Å². The zero-order valence-electron chi connectivity index (χ0n) is 17.8. The Bertz CT molecular complexity index is 928. The van der Waals surface area contributed by atoms with E-state index in [-0.39, 0.29) is 10.8 Å². The van der Waals surface area contributed by atoms with Gasteiger partial charge in [0, 0.05) is 37.7 Å². The van der Waals surface area contributed by atoms with Crippen LogP contribution >= 0.6 is 0 Å². The van der Waals surface area contributed by atoms with Crippen molar-refractivity contribution in [2.45, 2.75) is 69.2 Å². The molecule has 1 atom stereocenters. The monoisotopic (exact) mass is 432 g/mol. The zero-order valence-corrected chi connectivity index (χ0v) is 18.6. The number of nitrogens with one attached hydrogen (secondary N) is 1. The fourth-order valence-corrected chi connectivity index (χ4v) is 5.98. The molecule has 3 aliphatic rings. The molecule has 1 aromatic rings. The van der Waals surface area contributed by atoms with Crippen LogP contribution in [-0.2, 0) is 10.0 Å². The highest BCUT2D eigenvalue weighted by Gasteiger charge is 2.32. The van der Waals surface area contributed by atoms with E-state index in [0.717, 1.165) is 45.3 Å². The third-order valence-corrected chi connectivity index (χ3v) is 7.79. The van der Waals surface area contributed by atoms with Gasteiger partial charge in [-0.3, -0.25) is 4.79 Å². The fraction of sp³-hybridized carbons (Fsp3) is 0.636. The molecule has 0 radical (unpaired) electrons. The van der Waals surface area contributed by atoms with Crippen molar-refractivity contribution in [2.24, 2.45) is 4.40 Å². The van der Waals surface area contributed by atoms with E-state index in [0.29, 0.717) is 36.1 Å². The molecule has 4 rings (SSSR count). The molecule has 3 aliphatic heterocycles. The highest BCUT2D eigenvalue weighted by Crippen LogP contribution is 2.35. The predicted octanol–water partition coefficient (Wildman–Crippen LogP) is 3.16. The zero-order chi connectivity index (χ0) is 21.1. The first kappa shape index (κ1) is 21.3.